The summed E-state index contributed by atoms with van der Waals surface area (Å²) in [5, 5.41) is 13.0. The fourth-order valence-corrected chi connectivity index (χ4v) is 3.94. The van der Waals surface area contributed by atoms with E-state index in [1.807, 2.05) is 0 Å². The summed E-state index contributed by atoms with van der Waals surface area (Å²) in [7, 11) is 4.45. The third-order valence-electron chi connectivity index (χ3n) is 4.93. The number of rotatable bonds is 5. The smallest absolute Gasteiger partial charge is 0.108 e. The molecule has 4 nitrogen and oxygen atoms in total. The highest BCUT2D eigenvalue weighted by molar-refractivity contribution is 5.13. The Morgan fingerprint density at radius 2 is 2.20 bits per heavy atom. The van der Waals surface area contributed by atoms with Gasteiger partial charge in [0.25, 0.3) is 0 Å². The van der Waals surface area contributed by atoms with Crippen LogP contribution in [0.2, 0.25) is 0 Å². The van der Waals surface area contributed by atoms with Gasteiger partial charge in [-0.1, -0.05) is 0 Å². The van der Waals surface area contributed by atoms with Crippen molar-refractivity contribution in [2.24, 2.45) is 5.92 Å². The van der Waals surface area contributed by atoms with Gasteiger partial charge in [0.2, 0.25) is 0 Å². The predicted molar refractivity (Wildman–Crippen MR) is 82.5 cm³/mol. The van der Waals surface area contributed by atoms with Crippen LogP contribution in [0.15, 0.2) is 0 Å². The van der Waals surface area contributed by atoms with Gasteiger partial charge in [0.1, 0.15) is 5.54 Å². The quantitative estimate of drug-likeness (QED) is 0.831. The van der Waals surface area contributed by atoms with Gasteiger partial charge in [-0.15, -0.1) is 0 Å². The summed E-state index contributed by atoms with van der Waals surface area (Å²) in [6.07, 6.45) is 4.43. The molecule has 3 unspecified atom stereocenters. The molecule has 1 heterocycles. The van der Waals surface area contributed by atoms with Gasteiger partial charge in [-0.05, 0) is 66.1 Å². The lowest BCUT2D eigenvalue weighted by atomic mass is 9.98. The Hall–Kier alpha value is -0.630. The lowest BCUT2D eigenvalue weighted by Gasteiger charge is -2.30. The van der Waals surface area contributed by atoms with E-state index in [-0.39, 0.29) is 5.54 Å². The van der Waals surface area contributed by atoms with Crippen LogP contribution in [0, 0.1) is 17.2 Å². The molecule has 2 rings (SSSR count). The first-order valence-electron chi connectivity index (χ1n) is 8.02. The van der Waals surface area contributed by atoms with Crippen molar-refractivity contribution in [1.82, 2.24) is 15.1 Å². The maximum absolute atomic E-state index is 9.55. The molecule has 0 amide bonds. The summed E-state index contributed by atoms with van der Waals surface area (Å²) in [6, 6.07) is 3.49. The summed E-state index contributed by atoms with van der Waals surface area (Å²) >= 11 is 0. The molecule has 4 heteroatoms. The van der Waals surface area contributed by atoms with Crippen molar-refractivity contribution >= 4 is 0 Å². The third-order valence-corrected chi connectivity index (χ3v) is 4.93. The van der Waals surface area contributed by atoms with Crippen LogP contribution in [0.1, 0.15) is 39.5 Å². The lowest BCUT2D eigenvalue weighted by molar-refractivity contribution is 0.201. The number of hydrogen-bond acceptors (Lipinski definition) is 4. The second kappa shape index (κ2) is 6.43. The summed E-state index contributed by atoms with van der Waals surface area (Å²) in [4.78, 5) is 4.93. The van der Waals surface area contributed by atoms with Gasteiger partial charge in [0, 0.05) is 25.2 Å². The summed E-state index contributed by atoms with van der Waals surface area (Å²) in [5.74, 6) is 0.806. The highest BCUT2D eigenvalue weighted by Crippen LogP contribution is 2.33. The molecular formula is C16H30N4. The van der Waals surface area contributed by atoms with Crippen molar-refractivity contribution < 1.29 is 0 Å². The van der Waals surface area contributed by atoms with Crippen molar-refractivity contribution in [3.63, 3.8) is 0 Å². The molecule has 2 fully saturated rings. The van der Waals surface area contributed by atoms with Crippen molar-refractivity contribution in [2.75, 3.05) is 33.7 Å². The SMILES string of the molecule is CC(C)NC1(C#N)CCC(N(C)CC2CCN(C)C2)C1. The molecule has 0 spiro atoms. The minimum absolute atomic E-state index is 0.292. The molecule has 20 heavy (non-hydrogen) atoms. The van der Waals surface area contributed by atoms with E-state index in [1.165, 1.54) is 26.1 Å². The molecule has 1 aliphatic carbocycles. The van der Waals surface area contributed by atoms with E-state index in [0.717, 1.165) is 25.2 Å². The highest BCUT2D eigenvalue weighted by Gasteiger charge is 2.41. The summed E-state index contributed by atoms with van der Waals surface area (Å²) in [6.45, 7) is 7.90. The molecule has 1 N–H and O–H groups in total. The first kappa shape index (κ1) is 15.8. The van der Waals surface area contributed by atoms with E-state index in [2.05, 4.69) is 49.1 Å². The molecule has 3 atom stereocenters. The first-order chi connectivity index (χ1) is 9.44. The minimum Gasteiger partial charge on any atom is -0.306 e. The Bertz CT molecular complexity index is 362. The Morgan fingerprint density at radius 1 is 1.45 bits per heavy atom. The van der Waals surface area contributed by atoms with Crippen LogP contribution in [0.3, 0.4) is 0 Å². The van der Waals surface area contributed by atoms with Crippen LogP contribution >= 0.6 is 0 Å². The maximum atomic E-state index is 9.55. The Balaban J connectivity index is 1.86. The van der Waals surface area contributed by atoms with Crippen LogP contribution in [0.25, 0.3) is 0 Å². The first-order valence-corrected chi connectivity index (χ1v) is 8.02. The molecule has 114 valence electrons. The lowest BCUT2D eigenvalue weighted by Crippen LogP contribution is -2.47. The number of nitrogens with one attached hydrogen (secondary N) is 1. The van der Waals surface area contributed by atoms with E-state index in [4.69, 9.17) is 0 Å². The number of likely N-dealkylation sites (tertiary alicyclic amines) is 1. The normalized spacial score (nSPS) is 35.0. The molecule has 0 aromatic heterocycles. The Kier molecular flexibility index (Phi) is 5.06. The van der Waals surface area contributed by atoms with Crippen LogP contribution in [0.4, 0.5) is 0 Å². The molecule has 0 aromatic carbocycles. The minimum atomic E-state index is -0.292. The van der Waals surface area contributed by atoms with Gasteiger partial charge in [-0.2, -0.15) is 5.26 Å². The van der Waals surface area contributed by atoms with Gasteiger partial charge < -0.3 is 9.80 Å². The fourth-order valence-electron chi connectivity index (χ4n) is 3.94. The van der Waals surface area contributed by atoms with E-state index in [1.54, 1.807) is 0 Å². The van der Waals surface area contributed by atoms with Gasteiger partial charge >= 0.3 is 0 Å². The molecule has 0 radical (unpaired) electrons. The molecule has 0 bridgehead atoms. The van der Waals surface area contributed by atoms with Gasteiger partial charge in [0.15, 0.2) is 0 Å². The van der Waals surface area contributed by atoms with Crippen molar-refractivity contribution in [2.45, 2.75) is 57.2 Å². The summed E-state index contributed by atoms with van der Waals surface area (Å²) in [5.41, 5.74) is -0.292. The zero-order valence-electron chi connectivity index (χ0n) is 13.5. The van der Waals surface area contributed by atoms with Crippen LogP contribution in [-0.4, -0.2) is 61.2 Å². The molecular weight excluding hydrogens is 248 g/mol. The average Bonchev–Trinajstić information content (AvgIpc) is 2.96. The van der Waals surface area contributed by atoms with E-state index >= 15 is 0 Å². The second-order valence-corrected chi connectivity index (χ2v) is 7.25. The van der Waals surface area contributed by atoms with E-state index < -0.39 is 0 Å². The van der Waals surface area contributed by atoms with E-state index in [0.29, 0.717) is 12.1 Å². The van der Waals surface area contributed by atoms with Gasteiger partial charge in [-0.3, -0.25) is 5.32 Å². The number of hydrogen-bond donors (Lipinski definition) is 1. The third kappa shape index (κ3) is 3.72. The van der Waals surface area contributed by atoms with Crippen molar-refractivity contribution in [3.8, 4) is 6.07 Å². The number of nitrogens with zero attached hydrogens (tertiary/aromatic N) is 3. The molecule has 1 aliphatic heterocycles. The van der Waals surface area contributed by atoms with Crippen LogP contribution in [-0.2, 0) is 0 Å². The number of nitriles is 1. The van der Waals surface area contributed by atoms with Crippen LogP contribution < -0.4 is 5.32 Å². The largest absolute Gasteiger partial charge is 0.306 e. The maximum Gasteiger partial charge on any atom is 0.108 e. The molecule has 1 saturated carbocycles. The average molecular weight is 278 g/mol. The zero-order valence-corrected chi connectivity index (χ0v) is 13.5. The second-order valence-electron chi connectivity index (χ2n) is 7.25. The molecule has 1 saturated heterocycles. The summed E-state index contributed by atoms with van der Waals surface area (Å²) < 4.78 is 0. The molecule has 2 aliphatic rings. The highest BCUT2D eigenvalue weighted by atomic mass is 15.2. The Morgan fingerprint density at radius 3 is 2.75 bits per heavy atom. The van der Waals surface area contributed by atoms with Gasteiger partial charge in [-0.25, -0.2) is 0 Å². The zero-order chi connectivity index (χ0) is 14.8. The van der Waals surface area contributed by atoms with Crippen molar-refractivity contribution in [1.29, 1.82) is 5.26 Å². The topological polar surface area (TPSA) is 42.3 Å². The van der Waals surface area contributed by atoms with E-state index in [9.17, 15) is 5.26 Å². The Labute approximate surface area is 124 Å². The fraction of sp³-hybridized carbons (Fsp3) is 0.938. The van der Waals surface area contributed by atoms with Gasteiger partial charge in [0.05, 0.1) is 6.07 Å². The van der Waals surface area contributed by atoms with Crippen LogP contribution in [0.5, 0.6) is 0 Å². The standard InChI is InChI=1S/C16H30N4/c1-13(2)18-16(12-17)7-5-15(9-16)20(4)11-14-6-8-19(3)10-14/h13-15,18H,5-11H2,1-4H3. The monoisotopic (exact) mass is 278 g/mol. The molecule has 0 aromatic rings. The predicted octanol–water partition coefficient (Wildman–Crippen LogP) is 1.68. The van der Waals surface area contributed by atoms with Crippen molar-refractivity contribution in [3.05, 3.63) is 0 Å².